The number of aromatic nitrogens is 4. The van der Waals surface area contributed by atoms with Crippen molar-refractivity contribution in [3.05, 3.63) is 95.3 Å². The molecule has 5 aromatic rings. The summed E-state index contributed by atoms with van der Waals surface area (Å²) in [5.41, 5.74) is 2.26. The van der Waals surface area contributed by atoms with E-state index in [-0.39, 0.29) is 22.4 Å². The van der Waals surface area contributed by atoms with Gasteiger partial charge in [-0.1, -0.05) is 41.4 Å². The zero-order valence-corrected chi connectivity index (χ0v) is 18.1. The van der Waals surface area contributed by atoms with E-state index in [1.807, 2.05) is 19.1 Å². The van der Waals surface area contributed by atoms with E-state index in [1.54, 1.807) is 54.7 Å². The molecule has 3 aromatic heterocycles. The molecule has 0 radical (unpaired) electrons. The highest BCUT2D eigenvalue weighted by Gasteiger charge is 2.36. The van der Waals surface area contributed by atoms with Crippen LogP contribution in [0, 0.1) is 6.92 Å². The van der Waals surface area contributed by atoms with E-state index in [9.17, 15) is 13.2 Å². The van der Waals surface area contributed by atoms with Gasteiger partial charge in [0.2, 0.25) is 0 Å². The fraction of sp³-hybridized carbons (Fsp3) is 0.0800. The topological polar surface area (TPSA) is 43.6 Å². The Kier molecular flexibility index (Phi) is 5.13. The Morgan fingerprint density at radius 3 is 2.27 bits per heavy atom. The summed E-state index contributed by atoms with van der Waals surface area (Å²) in [6.45, 7) is 1.94. The Hall–Kier alpha value is -3.71. The molecule has 0 atom stereocenters. The Morgan fingerprint density at radius 1 is 0.909 bits per heavy atom. The Balaban J connectivity index is 1.89. The van der Waals surface area contributed by atoms with E-state index in [0.29, 0.717) is 21.8 Å². The Morgan fingerprint density at radius 2 is 1.64 bits per heavy atom. The lowest BCUT2D eigenvalue weighted by Gasteiger charge is -2.12. The summed E-state index contributed by atoms with van der Waals surface area (Å²) in [6.07, 6.45) is -1.58. The van der Waals surface area contributed by atoms with Gasteiger partial charge < -0.3 is 0 Å². The van der Waals surface area contributed by atoms with Crippen LogP contribution in [0.25, 0.3) is 39.2 Å². The lowest BCUT2D eigenvalue weighted by Crippen LogP contribution is -2.08. The average molecular weight is 465 g/mol. The fourth-order valence-electron chi connectivity index (χ4n) is 3.68. The van der Waals surface area contributed by atoms with Crippen molar-refractivity contribution in [2.45, 2.75) is 13.1 Å². The molecule has 2 aromatic carbocycles. The van der Waals surface area contributed by atoms with Gasteiger partial charge in [0.1, 0.15) is 5.69 Å². The largest absolute Gasteiger partial charge is 0.417 e. The molecule has 8 heteroatoms. The third-order valence-corrected chi connectivity index (χ3v) is 5.55. The summed E-state index contributed by atoms with van der Waals surface area (Å²) in [5.74, 6) is 0. The van der Waals surface area contributed by atoms with Gasteiger partial charge in [0.05, 0.1) is 22.3 Å². The lowest BCUT2D eigenvalue weighted by atomic mass is 10.0. The van der Waals surface area contributed by atoms with E-state index < -0.39 is 11.7 Å². The lowest BCUT2D eigenvalue weighted by molar-refractivity contribution is -0.136. The molecule has 3 heterocycles. The van der Waals surface area contributed by atoms with Crippen molar-refractivity contribution < 1.29 is 13.2 Å². The second-order valence-corrected chi connectivity index (χ2v) is 8.03. The van der Waals surface area contributed by atoms with Crippen LogP contribution >= 0.6 is 11.6 Å². The minimum atomic E-state index is -4.62. The molecule has 33 heavy (non-hydrogen) atoms. The van der Waals surface area contributed by atoms with Crippen molar-refractivity contribution in [2.24, 2.45) is 0 Å². The molecule has 5 rings (SSSR count). The molecule has 0 bridgehead atoms. The minimum Gasteiger partial charge on any atom is -0.264 e. The van der Waals surface area contributed by atoms with E-state index in [2.05, 4.69) is 15.1 Å². The normalized spacial score (nSPS) is 11.8. The number of aryl methyl sites for hydroxylation is 1. The summed E-state index contributed by atoms with van der Waals surface area (Å²) in [6, 6.07) is 18.3. The molecular formula is C25H16ClF3N4. The smallest absolute Gasteiger partial charge is 0.264 e. The fourth-order valence-corrected chi connectivity index (χ4v) is 3.80. The molecule has 0 aliphatic heterocycles. The number of rotatable bonds is 3. The van der Waals surface area contributed by atoms with Gasteiger partial charge in [0.25, 0.3) is 0 Å². The molecule has 0 saturated heterocycles. The van der Waals surface area contributed by atoms with E-state index in [4.69, 9.17) is 11.6 Å². The van der Waals surface area contributed by atoms with Crippen LogP contribution in [0.2, 0.25) is 5.02 Å². The average Bonchev–Trinajstić information content (AvgIpc) is 3.19. The van der Waals surface area contributed by atoms with Crippen molar-refractivity contribution in [3.63, 3.8) is 0 Å². The molecule has 4 nitrogen and oxygen atoms in total. The van der Waals surface area contributed by atoms with Crippen LogP contribution in [0.5, 0.6) is 0 Å². The van der Waals surface area contributed by atoms with Crippen molar-refractivity contribution >= 4 is 22.6 Å². The van der Waals surface area contributed by atoms with Crippen molar-refractivity contribution in [2.75, 3.05) is 0 Å². The van der Waals surface area contributed by atoms with Crippen LogP contribution in [-0.2, 0) is 6.18 Å². The third-order valence-electron chi connectivity index (χ3n) is 5.30. The quantitative estimate of drug-likeness (QED) is 0.285. The molecular weight excluding hydrogens is 449 g/mol. The molecule has 0 amide bonds. The first kappa shape index (κ1) is 21.2. The van der Waals surface area contributed by atoms with Crippen LogP contribution in [-0.4, -0.2) is 19.7 Å². The molecule has 0 spiro atoms. The number of hydrogen-bond acceptors (Lipinski definition) is 3. The van der Waals surface area contributed by atoms with Crippen molar-refractivity contribution in [3.8, 4) is 28.2 Å². The van der Waals surface area contributed by atoms with Crippen molar-refractivity contribution in [1.82, 2.24) is 19.7 Å². The number of pyridine rings is 2. The van der Waals surface area contributed by atoms with E-state index in [1.165, 1.54) is 10.9 Å². The Labute approximate surface area is 192 Å². The zero-order valence-electron chi connectivity index (χ0n) is 17.3. The van der Waals surface area contributed by atoms with Crippen LogP contribution < -0.4 is 0 Å². The summed E-state index contributed by atoms with van der Waals surface area (Å²) in [4.78, 5) is 8.64. The van der Waals surface area contributed by atoms with Crippen LogP contribution in [0.3, 0.4) is 0 Å². The first-order valence-electron chi connectivity index (χ1n) is 10.1. The van der Waals surface area contributed by atoms with Crippen LogP contribution in [0.4, 0.5) is 13.2 Å². The van der Waals surface area contributed by atoms with E-state index in [0.717, 1.165) is 11.6 Å². The molecule has 164 valence electrons. The maximum absolute atomic E-state index is 14.3. The Bertz CT molecular complexity index is 1440. The zero-order chi connectivity index (χ0) is 23.2. The number of benzene rings is 2. The van der Waals surface area contributed by atoms with Crippen LogP contribution in [0.15, 0.2) is 79.1 Å². The first-order chi connectivity index (χ1) is 15.8. The second kappa shape index (κ2) is 8.01. The van der Waals surface area contributed by atoms with Gasteiger partial charge in [-0.25, -0.2) is 9.67 Å². The van der Waals surface area contributed by atoms with Gasteiger partial charge in [-0.2, -0.15) is 18.3 Å². The maximum atomic E-state index is 14.3. The minimum absolute atomic E-state index is 0.0713. The molecule has 0 saturated carbocycles. The highest BCUT2D eigenvalue weighted by atomic mass is 35.5. The molecule has 0 fully saturated rings. The van der Waals surface area contributed by atoms with Crippen LogP contribution in [0.1, 0.15) is 11.1 Å². The summed E-state index contributed by atoms with van der Waals surface area (Å²) in [7, 11) is 0. The highest BCUT2D eigenvalue weighted by Crippen LogP contribution is 2.41. The van der Waals surface area contributed by atoms with Gasteiger partial charge in [0.15, 0.2) is 5.65 Å². The van der Waals surface area contributed by atoms with Gasteiger partial charge in [-0.15, -0.1) is 0 Å². The summed E-state index contributed by atoms with van der Waals surface area (Å²) < 4.78 is 44.5. The number of halogens is 4. The molecule has 0 N–H and O–H groups in total. The number of fused-ring (bicyclic) bond motifs is 1. The highest BCUT2D eigenvalue weighted by molar-refractivity contribution is 6.30. The number of hydrogen-bond donors (Lipinski definition) is 0. The number of alkyl halides is 3. The van der Waals surface area contributed by atoms with Gasteiger partial charge in [-0.05, 0) is 49.4 Å². The van der Waals surface area contributed by atoms with E-state index >= 15 is 0 Å². The van der Waals surface area contributed by atoms with Crippen molar-refractivity contribution in [1.29, 1.82) is 0 Å². The molecule has 0 aliphatic carbocycles. The standard InChI is InChI=1S/C25H16ClF3N4/c1-15-4-10-19(11-5-15)33-24-22(23(32-33)16-6-8-18(26)9-7-16)20(25(27,28)29)13-21(31-24)17-3-2-12-30-14-17/h2-14H,1H3. The summed E-state index contributed by atoms with van der Waals surface area (Å²) in [5, 5.41) is 5.00. The second-order valence-electron chi connectivity index (χ2n) is 7.60. The monoisotopic (exact) mass is 464 g/mol. The predicted octanol–water partition coefficient (Wildman–Crippen LogP) is 7.13. The SMILES string of the molecule is Cc1ccc(-n2nc(-c3ccc(Cl)cc3)c3c(C(F)(F)F)cc(-c4cccnc4)nc32)cc1. The van der Waals surface area contributed by atoms with Gasteiger partial charge in [-0.3, -0.25) is 4.98 Å². The summed E-state index contributed by atoms with van der Waals surface area (Å²) >= 11 is 6.00. The third kappa shape index (κ3) is 3.96. The first-order valence-corrected chi connectivity index (χ1v) is 10.4. The maximum Gasteiger partial charge on any atom is 0.417 e. The van der Waals surface area contributed by atoms with Gasteiger partial charge in [0, 0.05) is 28.5 Å². The molecule has 0 unspecified atom stereocenters. The predicted molar refractivity (Wildman–Crippen MR) is 122 cm³/mol. The number of nitrogens with zero attached hydrogens (tertiary/aromatic N) is 4. The molecule has 0 aliphatic rings. The van der Waals surface area contributed by atoms with Gasteiger partial charge >= 0.3 is 6.18 Å².